The van der Waals surface area contributed by atoms with Crippen molar-refractivity contribution in [1.82, 2.24) is 9.55 Å². The van der Waals surface area contributed by atoms with Gasteiger partial charge in [0.1, 0.15) is 5.82 Å². The Kier molecular flexibility index (Phi) is 3.59. The number of aliphatic hydroxyl groups excluding tert-OH is 1. The monoisotopic (exact) mass is 230 g/mol. The highest BCUT2D eigenvalue weighted by Gasteiger charge is 2.07. The van der Waals surface area contributed by atoms with Crippen molar-refractivity contribution in [3.8, 4) is 11.3 Å². The van der Waals surface area contributed by atoms with Gasteiger partial charge in [-0.15, -0.1) is 0 Å². The van der Waals surface area contributed by atoms with Gasteiger partial charge in [-0.05, 0) is 17.5 Å². The molecule has 2 rings (SSSR count). The maximum absolute atomic E-state index is 8.94. The van der Waals surface area contributed by atoms with E-state index in [1.807, 2.05) is 17.8 Å². The van der Waals surface area contributed by atoms with E-state index < -0.39 is 0 Å². The van der Waals surface area contributed by atoms with Gasteiger partial charge in [0.2, 0.25) is 0 Å². The molecule has 17 heavy (non-hydrogen) atoms. The summed E-state index contributed by atoms with van der Waals surface area (Å²) in [6.07, 6.45) is 3.52. The number of aryl methyl sites for hydroxylation is 1. The Labute approximate surface area is 102 Å². The van der Waals surface area contributed by atoms with Gasteiger partial charge in [-0.1, -0.05) is 31.2 Å². The van der Waals surface area contributed by atoms with E-state index in [9.17, 15) is 0 Å². The van der Waals surface area contributed by atoms with Gasteiger partial charge in [0.05, 0.1) is 18.5 Å². The number of hydrogen-bond acceptors (Lipinski definition) is 2. The first-order valence-corrected chi connectivity index (χ1v) is 5.97. The van der Waals surface area contributed by atoms with Gasteiger partial charge in [0.15, 0.2) is 0 Å². The van der Waals surface area contributed by atoms with Crippen LogP contribution in [0.25, 0.3) is 11.3 Å². The summed E-state index contributed by atoms with van der Waals surface area (Å²) in [6.45, 7) is 2.29. The van der Waals surface area contributed by atoms with E-state index in [1.165, 1.54) is 11.1 Å². The van der Waals surface area contributed by atoms with E-state index in [-0.39, 0.29) is 6.61 Å². The fraction of sp³-hybridized carbons (Fsp3) is 0.357. The minimum atomic E-state index is 0.138. The molecule has 0 spiro atoms. The molecule has 0 unspecified atom stereocenters. The molecule has 0 aliphatic heterocycles. The number of benzene rings is 1. The first-order chi connectivity index (χ1) is 8.26. The summed E-state index contributed by atoms with van der Waals surface area (Å²) < 4.78 is 2.04. The fourth-order valence-electron chi connectivity index (χ4n) is 1.96. The Balaban J connectivity index is 2.32. The van der Waals surface area contributed by atoms with Gasteiger partial charge in [0, 0.05) is 13.5 Å². The number of rotatable bonds is 4. The number of nitrogens with zero attached hydrogens (tertiary/aromatic N) is 2. The summed E-state index contributed by atoms with van der Waals surface area (Å²) in [5.41, 5.74) is 3.60. The Morgan fingerprint density at radius 2 is 1.94 bits per heavy atom. The molecule has 0 bridgehead atoms. The van der Waals surface area contributed by atoms with Crippen molar-refractivity contribution < 1.29 is 5.11 Å². The predicted molar refractivity (Wildman–Crippen MR) is 68.8 cm³/mol. The van der Waals surface area contributed by atoms with E-state index in [1.54, 1.807) is 0 Å². The van der Waals surface area contributed by atoms with Crippen LogP contribution >= 0.6 is 0 Å². The van der Waals surface area contributed by atoms with Crippen molar-refractivity contribution in [2.24, 2.45) is 7.05 Å². The topological polar surface area (TPSA) is 38.1 Å². The molecule has 3 nitrogen and oxygen atoms in total. The normalized spacial score (nSPS) is 10.8. The fourth-order valence-corrected chi connectivity index (χ4v) is 1.96. The Bertz CT molecular complexity index is 485. The van der Waals surface area contributed by atoms with Crippen molar-refractivity contribution in [3.63, 3.8) is 0 Å². The summed E-state index contributed by atoms with van der Waals surface area (Å²) >= 11 is 0. The lowest BCUT2D eigenvalue weighted by Crippen LogP contribution is -2.02. The summed E-state index contributed by atoms with van der Waals surface area (Å²) in [5, 5.41) is 8.94. The van der Waals surface area contributed by atoms with Gasteiger partial charge in [-0.25, -0.2) is 4.98 Å². The summed E-state index contributed by atoms with van der Waals surface area (Å²) in [4.78, 5) is 4.33. The third-order valence-electron chi connectivity index (χ3n) is 3.08. The van der Waals surface area contributed by atoms with E-state index in [0.717, 1.165) is 17.9 Å². The largest absolute Gasteiger partial charge is 0.396 e. The molecule has 0 saturated carbocycles. The SMILES string of the molecule is CCc1ccc(-c2cnc(CCO)n2C)cc1. The smallest absolute Gasteiger partial charge is 0.111 e. The molecule has 2 aromatic rings. The molecule has 0 aliphatic carbocycles. The van der Waals surface area contributed by atoms with Crippen LogP contribution in [-0.2, 0) is 19.9 Å². The summed E-state index contributed by atoms with van der Waals surface area (Å²) in [6, 6.07) is 8.54. The minimum Gasteiger partial charge on any atom is -0.396 e. The van der Waals surface area contributed by atoms with E-state index >= 15 is 0 Å². The second-order valence-electron chi connectivity index (χ2n) is 4.14. The molecule has 1 N–H and O–H groups in total. The summed E-state index contributed by atoms with van der Waals surface area (Å²) in [5.74, 6) is 0.919. The van der Waals surface area contributed by atoms with E-state index in [4.69, 9.17) is 5.11 Å². The first kappa shape index (κ1) is 11.9. The van der Waals surface area contributed by atoms with Gasteiger partial charge >= 0.3 is 0 Å². The van der Waals surface area contributed by atoms with Crippen LogP contribution in [0.5, 0.6) is 0 Å². The van der Waals surface area contributed by atoms with Crippen LogP contribution in [0.3, 0.4) is 0 Å². The van der Waals surface area contributed by atoms with Crippen molar-refractivity contribution in [3.05, 3.63) is 41.9 Å². The molecule has 1 aromatic heterocycles. The molecule has 1 heterocycles. The predicted octanol–water partition coefficient (Wildman–Crippen LogP) is 2.18. The lowest BCUT2D eigenvalue weighted by atomic mass is 10.1. The molecule has 0 radical (unpaired) electrons. The van der Waals surface area contributed by atoms with Crippen LogP contribution in [0.15, 0.2) is 30.5 Å². The van der Waals surface area contributed by atoms with Crippen LogP contribution in [0.1, 0.15) is 18.3 Å². The molecule has 0 amide bonds. The van der Waals surface area contributed by atoms with Crippen molar-refractivity contribution in [1.29, 1.82) is 0 Å². The third kappa shape index (κ3) is 2.39. The minimum absolute atomic E-state index is 0.138. The molecule has 0 fully saturated rings. The molecule has 0 aliphatic rings. The molecular formula is C14H18N2O. The standard InChI is InChI=1S/C14H18N2O/c1-3-11-4-6-12(7-5-11)13-10-15-14(8-9-17)16(13)2/h4-7,10,17H,3,8-9H2,1-2H3. The van der Waals surface area contributed by atoms with Gasteiger partial charge in [0.25, 0.3) is 0 Å². The lowest BCUT2D eigenvalue weighted by molar-refractivity contribution is 0.295. The Morgan fingerprint density at radius 3 is 2.53 bits per heavy atom. The molecular weight excluding hydrogens is 212 g/mol. The maximum Gasteiger partial charge on any atom is 0.111 e. The maximum atomic E-state index is 8.94. The zero-order chi connectivity index (χ0) is 12.3. The zero-order valence-electron chi connectivity index (χ0n) is 10.3. The van der Waals surface area contributed by atoms with Gasteiger partial charge < -0.3 is 9.67 Å². The van der Waals surface area contributed by atoms with E-state index in [2.05, 4.69) is 36.2 Å². The summed E-state index contributed by atoms with van der Waals surface area (Å²) in [7, 11) is 1.99. The van der Waals surface area contributed by atoms with Crippen LogP contribution < -0.4 is 0 Å². The molecule has 90 valence electrons. The number of hydrogen-bond donors (Lipinski definition) is 1. The Morgan fingerprint density at radius 1 is 1.24 bits per heavy atom. The van der Waals surface area contributed by atoms with Gasteiger partial charge in [-0.3, -0.25) is 0 Å². The first-order valence-electron chi connectivity index (χ1n) is 5.97. The second kappa shape index (κ2) is 5.15. The Hall–Kier alpha value is -1.61. The quantitative estimate of drug-likeness (QED) is 0.874. The third-order valence-corrected chi connectivity index (χ3v) is 3.08. The van der Waals surface area contributed by atoms with Crippen LogP contribution in [0.4, 0.5) is 0 Å². The molecule has 3 heteroatoms. The number of imidazole rings is 1. The van der Waals surface area contributed by atoms with E-state index in [0.29, 0.717) is 6.42 Å². The molecule has 0 atom stereocenters. The van der Waals surface area contributed by atoms with Crippen molar-refractivity contribution >= 4 is 0 Å². The number of aliphatic hydroxyl groups is 1. The molecule has 0 saturated heterocycles. The lowest BCUT2D eigenvalue weighted by Gasteiger charge is -2.06. The van der Waals surface area contributed by atoms with Crippen LogP contribution in [0, 0.1) is 0 Å². The second-order valence-corrected chi connectivity index (χ2v) is 4.14. The van der Waals surface area contributed by atoms with Gasteiger partial charge in [-0.2, -0.15) is 0 Å². The van der Waals surface area contributed by atoms with Crippen LogP contribution in [0.2, 0.25) is 0 Å². The highest BCUT2D eigenvalue weighted by molar-refractivity contribution is 5.59. The average molecular weight is 230 g/mol. The average Bonchev–Trinajstić information content (AvgIpc) is 2.72. The highest BCUT2D eigenvalue weighted by atomic mass is 16.3. The zero-order valence-corrected chi connectivity index (χ0v) is 10.3. The van der Waals surface area contributed by atoms with Crippen molar-refractivity contribution in [2.75, 3.05) is 6.61 Å². The number of aromatic nitrogens is 2. The van der Waals surface area contributed by atoms with Crippen molar-refractivity contribution in [2.45, 2.75) is 19.8 Å². The highest BCUT2D eigenvalue weighted by Crippen LogP contribution is 2.20. The molecule has 1 aromatic carbocycles. The van der Waals surface area contributed by atoms with Crippen LogP contribution in [-0.4, -0.2) is 21.3 Å².